The lowest BCUT2D eigenvalue weighted by atomic mass is 10.0. The highest BCUT2D eigenvalue weighted by atomic mass is 32.2. The first-order valence-corrected chi connectivity index (χ1v) is 12.0. The van der Waals surface area contributed by atoms with E-state index in [9.17, 15) is 13.2 Å². The number of carbonyl (C=O) groups is 1. The third-order valence-electron chi connectivity index (χ3n) is 6.17. The molecule has 31 heavy (non-hydrogen) atoms. The molecular formula is C21H24N4O5S. The normalized spacial score (nSPS) is 26.1. The van der Waals surface area contributed by atoms with Crippen LogP contribution in [0.25, 0.3) is 0 Å². The van der Waals surface area contributed by atoms with E-state index in [-0.39, 0.29) is 29.6 Å². The molecule has 0 aromatic carbocycles. The van der Waals surface area contributed by atoms with Crippen LogP contribution in [0.2, 0.25) is 0 Å². The molecule has 2 bridgehead atoms. The number of rotatable bonds is 6. The van der Waals surface area contributed by atoms with Gasteiger partial charge < -0.3 is 9.47 Å². The molecule has 4 heterocycles. The number of piperidine rings is 1. The Labute approximate surface area is 180 Å². The van der Waals surface area contributed by atoms with Gasteiger partial charge in [-0.05, 0) is 38.8 Å². The second kappa shape index (κ2) is 7.52. The smallest absolute Gasteiger partial charge is 0.229 e. The fourth-order valence-electron chi connectivity index (χ4n) is 4.43. The molecule has 2 aliphatic heterocycles. The van der Waals surface area contributed by atoms with E-state index >= 15 is 0 Å². The maximum absolute atomic E-state index is 12.8. The van der Waals surface area contributed by atoms with Crippen molar-refractivity contribution in [1.82, 2.24) is 19.3 Å². The first-order valence-electron chi connectivity index (χ1n) is 10.5. The number of ketones is 1. The maximum Gasteiger partial charge on any atom is 0.229 e. The van der Waals surface area contributed by atoms with Crippen LogP contribution < -0.4 is 9.47 Å². The number of nitrogens with zero attached hydrogens (tertiary/aromatic N) is 4. The van der Waals surface area contributed by atoms with Gasteiger partial charge in [0.15, 0.2) is 11.5 Å². The van der Waals surface area contributed by atoms with E-state index in [4.69, 9.17) is 9.47 Å². The minimum atomic E-state index is -3.40. The standard InChI is InChI=1S/C21H24N4O5S/c1-12-20(23-11-24-21(12)30-19-4-3-7-22-13(19)2)29-15-8-14-9-18(26)17(10-15)25(14)31(27,28)16-5-6-16/h3-4,7,11,14-17H,5-6,8-10H2,1-2H3/t14-,15+,17-/m1/s1. The van der Waals surface area contributed by atoms with E-state index in [1.807, 2.05) is 19.9 Å². The fourth-order valence-corrected chi connectivity index (χ4v) is 6.64. The number of hydrogen-bond acceptors (Lipinski definition) is 8. The highest BCUT2D eigenvalue weighted by Crippen LogP contribution is 2.42. The van der Waals surface area contributed by atoms with Crippen molar-refractivity contribution in [3.8, 4) is 17.5 Å². The molecule has 0 radical (unpaired) electrons. The SMILES string of the molecule is Cc1ncccc1Oc1ncnc(O[C@H]2C[C@@H]3CC(=O)[C@@H](C2)N3S(=O)(=O)C2CC2)c1C. The van der Waals surface area contributed by atoms with Crippen molar-refractivity contribution in [2.75, 3.05) is 0 Å². The molecule has 1 saturated carbocycles. The topological polar surface area (TPSA) is 112 Å². The Kier molecular flexibility index (Phi) is 4.93. The molecular weight excluding hydrogens is 420 g/mol. The molecule has 9 nitrogen and oxygen atoms in total. The van der Waals surface area contributed by atoms with Gasteiger partial charge >= 0.3 is 0 Å². The maximum atomic E-state index is 12.8. The highest BCUT2D eigenvalue weighted by Gasteiger charge is 2.55. The van der Waals surface area contributed by atoms with E-state index in [2.05, 4.69) is 15.0 Å². The van der Waals surface area contributed by atoms with Crippen LogP contribution in [-0.2, 0) is 14.8 Å². The average Bonchev–Trinajstić information content (AvgIpc) is 3.55. The van der Waals surface area contributed by atoms with Crippen LogP contribution in [-0.4, -0.2) is 56.9 Å². The number of carbonyl (C=O) groups excluding carboxylic acids is 1. The summed E-state index contributed by atoms with van der Waals surface area (Å²) in [4.78, 5) is 25.2. The summed E-state index contributed by atoms with van der Waals surface area (Å²) in [6.07, 6.45) is 5.20. The second-order valence-corrected chi connectivity index (χ2v) is 10.5. The zero-order valence-corrected chi connectivity index (χ0v) is 18.2. The lowest BCUT2D eigenvalue weighted by Gasteiger charge is -2.36. The number of ether oxygens (including phenoxy) is 2. The van der Waals surface area contributed by atoms with Crippen LogP contribution in [0.4, 0.5) is 0 Å². The minimum absolute atomic E-state index is 0.0178. The predicted octanol–water partition coefficient (Wildman–Crippen LogP) is 2.33. The van der Waals surface area contributed by atoms with Gasteiger partial charge in [0, 0.05) is 31.5 Å². The van der Waals surface area contributed by atoms with Gasteiger partial charge in [-0.3, -0.25) is 9.78 Å². The Morgan fingerprint density at radius 3 is 2.58 bits per heavy atom. The molecule has 0 unspecified atom stereocenters. The summed E-state index contributed by atoms with van der Waals surface area (Å²) in [5, 5.41) is -0.319. The Balaban J connectivity index is 1.34. The summed E-state index contributed by atoms with van der Waals surface area (Å²) in [7, 11) is -3.40. The van der Waals surface area contributed by atoms with Crippen molar-refractivity contribution in [2.45, 2.75) is 69.4 Å². The summed E-state index contributed by atoms with van der Waals surface area (Å²) in [6, 6.07) is 2.62. The van der Waals surface area contributed by atoms with Gasteiger partial charge in [-0.25, -0.2) is 18.4 Å². The van der Waals surface area contributed by atoms with Gasteiger partial charge in [0.25, 0.3) is 0 Å². The molecule has 164 valence electrons. The molecule has 2 aromatic heterocycles. The van der Waals surface area contributed by atoms with Crippen LogP contribution >= 0.6 is 0 Å². The van der Waals surface area contributed by atoms with Crippen LogP contribution in [0, 0.1) is 13.8 Å². The third-order valence-corrected chi connectivity index (χ3v) is 8.63. The van der Waals surface area contributed by atoms with E-state index in [1.54, 1.807) is 12.3 Å². The van der Waals surface area contributed by atoms with E-state index in [1.165, 1.54) is 10.6 Å². The van der Waals surface area contributed by atoms with Crippen molar-refractivity contribution in [3.63, 3.8) is 0 Å². The third kappa shape index (κ3) is 3.67. The Morgan fingerprint density at radius 2 is 1.87 bits per heavy atom. The summed E-state index contributed by atoms with van der Waals surface area (Å²) in [5.41, 5.74) is 1.37. The summed E-state index contributed by atoms with van der Waals surface area (Å²) in [6.45, 7) is 3.66. The summed E-state index contributed by atoms with van der Waals surface area (Å²) in [5.74, 6) is 1.32. The van der Waals surface area contributed by atoms with Crippen molar-refractivity contribution in [3.05, 3.63) is 35.9 Å². The average molecular weight is 445 g/mol. The largest absolute Gasteiger partial charge is 0.474 e. The van der Waals surface area contributed by atoms with Crippen molar-refractivity contribution in [2.24, 2.45) is 0 Å². The Morgan fingerprint density at radius 1 is 1.10 bits per heavy atom. The molecule has 2 saturated heterocycles. The van der Waals surface area contributed by atoms with Crippen molar-refractivity contribution >= 4 is 15.8 Å². The van der Waals surface area contributed by atoms with Crippen molar-refractivity contribution < 1.29 is 22.7 Å². The molecule has 0 N–H and O–H groups in total. The number of fused-ring (bicyclic) bond motifs is 2. The molecule has 5 rings (SSSR count). The molecule has 3 aliphatic rings. The Hall–Kier alpha value is -2.59. The van der Waals surface area contributed by atoms with Crippen LogP contribution in [0.5, 0.6) is 17.5 Å². The first-order chi connectivity index (χ1) is 14.8. The fraction of sp³-hybridized carbons (Fsp3) is 0.524. The second-order valence-electron chi connectivity index (χ2n) is 8.42. The molecule has 3 atom stereocenters. The van der Waals surface area contributed by atoms with Gasteiger partial charge in [0.1, 0.15) is 12.4 Å². The van der Waals surface area contributed by atoms with Crippen LogP contribution in [0.1, 0.15) is 43.4 Å². The molecule has 0 spiro atoms. The van der Waals surface area contributed by atoms with Gasteiger partial charge in [-0.1, -0.05) is 0 Å². The number of aromatic nitrogens is 3. The van der Waals surface area contributed by atoms with Gasteiger partial charge in [-0.15, -0.1) is 0 Å². The molecule has 1 aliphatic carbocycles. The number of hydrogen-bond donors (Lipinski definition) is 0. The monoisotopic (exact) mass is 444 g/mol. The lowest BCUT2D eigenvalue weighted by molar-refractivity contribution is -0.119. The summed E-state index contributed by atoms with van der Waals surface area (Å²) < 4.78 is 39.1. The zero-order valence-electron chi connectivity index (χ0n) is 17.4. The van der Waals surface area contributed by atoms with Gasteiger partial charge in [0.05, 0.1) is 22.5 Å². The van der Waals surface area contributed by atoms with Crippen LogP contribution in [0.15, 0.2) is 24.7 Å². The van der Waals surface area contributed by atoms with Crippen LogP contribution in [0.3, 0.4) is 0 Å². The number of sulfonamides is 1. The summed E-state index contributed by atoms with van der Waals surface area (Å²) >= 11 is 0. The van der Waals surface area contributed by atoms with E-state index < -0.39 is 16.1 Å². The number of Topliss-reactive ketones (excluding diaryl/α,β-unsaturated/α-hetero) is 1. The minimum Gasteiger partial charge on any atom is -0.474 e. The first kappa shape index (κ1) is 20.3. The number of pyridine rings is 1. The Bertz CT molecular complexity index is 1130. The predicted molar refractivity (Wildman–Crippen MR) is 110 cm³/mol. The van der Waals surface area contributed by atoms with Gasteiger partial charge in [-0.2, -0.15) is 4.31 Å². The highest BCUT2D eigenvalue weighted by molar-refractivity contribution is 7.90. The zero-order chi connectivity index (χ0) is 21.8. The molecule has 2 aromatic rings. The lowest BCUT2D eigenvalue weighted by Crippen LogP contribution is -2.51. The number of aryl methyl sites for hydroxylation is 1. The molecule has 3 fully saturated rings. The molecule has 0 amide bonds. The van der Waals surface area contributed by atoms with Crippen molar-refractivity contribution in [1.29, 1.82) is 0 Å². The van der Waals surface area contributed by atoms with Gasteiger partial charge in [0.2, 0.25) is 21.8 Å². The van der Waals surface area contributed by atoms with E-state index in [0.29, 0.717) is 48.8 Å². The van der Waals surface area contributed by atoms with E-state index in [0.717, 1.165) is 5.69 Å². The quantitative estimate of drug-likeness (QED) is 0.667. The molecule has 10 heteroatoms.